The van der Waals surface area contributed by atoms with Crippen LogP contribution in [-0.4, -0.2) is 33.6 Å². The first-order valence-corrected chi connectivity index (χ1v) is 5.22. The molecule has 17 heavy (non-hydrogen) atoms. The van der Waals surface area contributed by atoms with Crippen LogP contribution in [0.5, 0.6) is 11.5 Å². The molecule has 0 aromatic heterocycles. The fourth-order valence-corrected chi connectivity index (χ4v) is 1.68. The maximum Gasteiger partial charge on any atom is 0.182 e. The maximum atomic E-state index is 13.5. The van der Waals surface area contributed by atoms with Crippen LogP contribution in [0.2, 0.25) is 5.02 Å². The molecule has 0 radical (unpaired) electrons. The van der Waals surface area contributed by atoms with Crippen LogP contribution in [0.4, 0.5) is 4.39 Å². The molecule has 1 aromatic rings. The molecule has 0 aliphatic rings. The SMILES string of the molecule is CNCC(=O)c1c(Cl)c(F)cc(OC)c1OC. The second-order valence-corrected chi connectivity index (χ2v) is 3.61. The van der Waals surface area contributed by atoms with Crippen LogP contribution in [0.3, 0.4) is 0 Å². The van der Waals surface area contributed by atoms with Gasteiger partial charge in [-0.05, 0) is 7.05 Å². The van der Waals surface area contributed by atoms with Gasteiger partial charge in [0.05, 0.1) is 31.4 Å². The van der Waals surface area contributed by atoms with Crippen molar-refractivity contribution < 1.29 is 18.7 Å². The maximum absolute atomic E-state index is 13.5. The number of methoxy groups -OCH3 is 2. The number of ether oxygens (including phenoxy) is 2. The molecule has 0 amide bonds. The minimum absolute atomic E-state index is 0.0135. The molecule has 0 fully saturated rings. The van der Waals surface area contributed by atoms with Crippen LogP contribution in [0.15, 0.2) is 6.07 Å². The summed E-state index contributed by atoms with van der Waals surface area (Å²) in [4.78, 5) is 11.8. The monoisotopic (exact) mass is 261 g/mol. The third kappa shape index (κ3) is 2.68. The zero-order valence-electron chi connectivity index (χ0n) is 9.77. The van der Waals surface area contributed by atoms with Crippen molar-refractivity contribution in [2.24, 2.45) is 0 Å². The topological polar surface area (TPSA) is 47.6 Å². The van der Waals surface area contributed by atoms with E-state index in [9.17, 15) is 9.18 Å². The van der Waals surface area contributed by atoms with Crippen molar-refractivity contribution in [3.8, 4) is 11.5 Å². The van der Waals surface area contributed by atoms with E-state index in [2.05, 4.69) is 5.32 Å². The largest absolute Gasteiger partial charge is 0.493 e. The highest BCUT2D eigenvalue weighted by molar-refractivity contribution is 6.34. The molecular formula is C11H13ClFNO3. The number of carbonyl (C=O) groups excluding carboxylic acids is 1. The van der Waals surface area contributed by atoms with Crippen LogP contribution in [-0.2, 0) is 0 Å². The van der Waals surface area contributed by atoms with Gasteiger partial charge in [-0.2, -0.15) is 0 Å². The van der Waals surface area contributed by atoms with E-state index in [1.54, 1.807) is 7.05 Å². The number of ketones is 1. The van der Waals surface area contributed by atoms with Gasteiger partial charge in [-0.15, -0.1) is 0 Å². The predicted molar refractivity (Wildman–Crippen MR) is 62.8 cm³/mol. The number of nitrogens with one attached hydrogen (secondary N) is 1. The Morgan fingerprint density at radius 2 is 2.12 bits per heavy atom. The van der Waals surface area contributed by atoms with Gasteiger partial charge in [0.1, 0.15) is 5.82 Å². The first-order valence-electron chi connectivity index (χ1n) is 4.84. The Morgan fingerprint density at radius 3 is 2.59 bits per heavy atom. The number of hydrogen-bond donors (Lipinski definition) is 1. The molecular weight excluding hydrogens is 249 g/mol. The standard InChI is InChI=1S/C11H13ClFNO3/c1-14-5-7(15)9-10(12)6(13)4-8(16-2)11(9)17-3/h4,14H,5H2,1-3H3. The number of carbonyl (C=O) groups is 1. The lowest BCUT2D eigenvalue weighted by atomic mass is 10.1. The van der Waals surface area contributed by atoms with Crippen molar-refractivity contribution in [2.75, 3.05) is 27.8 Å². The summed E-state index contributed by atoms with van der Waals surface area (Å²) in [5.74, 6) is -0.816. The molecule has 0 saturated heterocycles. The van der Waals surface area contributed by atoms with Gasteiger partial charge in [0.2, 0.25) is 0 Å². The molecule has 0 aliphatic carbocycles. The molecule has 94 valence electrons. The Kier molecular flexibility index (Phi) is 4.72. The highest BCUT2D eigenvalue weighted by Crippen LogP contribution is 2.38. The average Bonchev–Trinajstić information content (AvgIpc) is 2.31. The van der Waals surface area contributed by atoms with Gasteiger partial charge < -0.3 is 14.8 Å². The number of Topliss-reactive ketones (excluding diaryl/α,β-unsaturated/α-hetero) is 1. The summed E-state index contributed by atoms with van der Waals surface area (Å²) in [6.45, 7) is 0.0304. The molecule has 0 saturated carbocycles. The summed E-state index contributed by atoms with van der Waals surface area (Å²) in [5, 5.41) is 2.41. The smallest absolute Gasteiger partial charge is 0.182 e. The van der Waals surface area contributed by atoms with Gasteiger partial charge >= 0.3 is 0 Å². The summed E-state index contributed by atoms with van der Waals surface area (Å²) in [6.07, 6.45) is 0. The van der Waals surface area contributed by atoms with Gasteiger partial charge in [-0.25, -0.2) is 4.39 Å². The molecule has 0 spiro atoms. The van der Waals surface area contributed by atoms with E-state index in [0.29, 0.717) is 0 Å². The van der Waals surface area contributed by atoms with E-state index in [4.69, 9.17) is 21.1 Å². The van der Waals surface area contributed by atoms with Crippen molar-refractivity contribution in [1.82, 2.24) is 5.32 Å². The van der Waals surface area contributed by atoms with Crippen molar-refractivity contribution in [2.45, 2.75) is 0 Å². The number of hydrogen-bond acceptors (Lipinski definition) is 4. The van der Waals surface area contributed by atoms with Gasteiger partial charge in [-0.1, -0.05) is 11.6 Å². The lowest BCUT2D eigenvalue weighted by Gasteiger charge is -2.14. The summed E-state index contributed by atoms with van der Waals surface area (Å²) in [5.41, 5.74) is -0.0135. The minimum atomic E-state index is -0.719. The second-order valence-electron chi connectivity index (χ2n) is 3.24. The molecule has 0 heterocycles. The fraction of sp³-hybridized carbons (Fsp3) is 0.364. The Labute approximate surface area is 104 Å². The molecule has 0 bridgehead atoms. The third-order valence-corrected chi connectivity index (χ3v) is 2.55. The lowest BCUT2D eigenvalue weighted by Crippen LogP contribution is -2.20. The lowest BCUT2D eigenvalue weighted by molar-refractivity contribution is 0.0989. The van der Waals surface area contributed by atoms with Gasteiger partial charge in [-0.3, -0.25) is 4.79 Å². The van der Waals surface area contributed by atoms with Gasteiger partial charge in [0.15, 0.2) is 17.3 Å². The molecule has 6 heteroatoms. The number of halogens is 2. The summed E-state index contributed by atoms with van der Waals surface area (Å²) in [6, 6.07) is 1.08. The van der Waals surface area contributed by atoms with E-state index in [1.165, 1.54) is 14.2 Å². The van der Waals surface area contributed by atoms with Crippen LogP contribution in [0.25, 0.3) is 0 Å². The van der Waals surface area contributed by atoms with E-state index < -0.39 is 5.82 Å². The van der Waals surface area contributed by atoms with E-state index >= 15 is 0 Å². The van der Waals surface area contributed by atoms with Crippen LogP contribution < -0.4 is 14.8 Å². The third-order valence-electron chi connectivity index (χ3n) is 2.18. The fourth-order valence-electron chi connectivity index (χ4n) is 1.44. The number of rotatable bonds is 5. The molecule has 0 aliphatic heterocycles. The van der Waals surface area contributed by atoms with Crippen LogP contribution in [0, 0.1) is 5.82 Å². The van der Waals surface area contributed by atoms with Crippen molar-refractivity contribution >= 4 is 17.4 Å². The normalized spacial score (nSPS) is 10.2. The van der Waals surface area contributed by atoms with Crippen LogP contribution in [0.1, 0.15) is 10.4 Å². The Morgan fingerprint density at radius 1 is 1.47 bits per heavy atom. The molecule has 1 rings (SSSR count). The van der Waals surface area contributed by atoms with Crippen molar-refractivity contribution in [1.29, 1.82) is 0 Å². The highest BCUT2D eigenvalue weighted by atomic mass is 35.5. The van der Waals surface area contributed by atoms with Crippen molar-refractivity contribution in [3.05, 3.63) is 22.5 Å². The molecule has 4 nitrogen and oxygen atoms in total. The van der Waals surface area contributed by atoms with Gasteiger partial charge in [0, 0.05) is 6.07 Å². The highest BCUT2D eigenvalue weighted by Gasteiger charge is 2.23. The minimum Gasteiger partial charge on any atom is -0.493 e. The predicted octanol–water partition coefficient (Wildman–Crippen LogP) is 1.90. The quantitative estimate of drug-likeness (QED) is 0.823. The zero-order chi connectivity index (χ0) is 13.0. The Bertz CT molecular complexity index is 437. The average molecular weight is 262 g/mol. The molecule has 0 atom stereocenters. The van der Waals surface area contributed by atoms with Crippen molar-refractivity contribution in [3.63, 3.8) is 0 Å². The van der Waals surface area contributed by atoms with E-state index in [-0.39, 0.29) is 34.4 Å². The Hall–Kier alpha value is -1.33. The molecule has 0 unspecified atom stereocenters. The first-order chi connectivity index (χ1) is 8.06. The number of likely N-dealkylation sites (N-methyl/N-ethyl adjacent to an activating group) is 1. The first kappa shape index (κ1) is 13.7. The zero-order valence-corrected chi connectivity index (χ0v) is 10.5. The van der Waals surface area contributed by atoms with Gasteiger partial charge in [0.25, 0.3) is 0 Å². The summed E-state index contributed by atoms with van der Waals surface area (Å²) < 4.78 is 23.5. The number of benzene rings is 1. The second kappa shape index (κ2) is 5.84. The van der Waals surface area contributed by atoms with Crippen LogP contribution >= 0.6 is 11.6 Å². The van der Waals surface area contributed by atoms with E-state index in [1.807, 2.05) is 0 Å². The Balaban J connectivity index is 3.43. The summed E-state index contributed by atoms with van der Waals surface area (Å²) >= 11 is 5.78. The summed E-state index contributed by atoms with van der Waals surface area (Å²) in [7, 11) is 4.33. The molecule has 1 N–H and O–H groups in total. The van der Waals surface area contributed by atoms with E-state index in [0.717, 1.165) is 6.07 Å². The molecule has 1 aromatic carbocycles.